The standard InChI is InChI=1S/C9H11O4P/c1-8(10)14(11,12)13-7-9-5-3-2-4-6-9/h2-6H,7H2,1H3,(H,11,12)/p-1. The first-order valence-corrected chi connectivity index (χ1v) is 5.57. The van der Waals surface area contributed by atoms with Crippen LogP contribution in [0.1, 0.15) is 12.5 Å². The van der Waals surface area contributed by atoms with E-state index in [2.05, 4.69) is 4.52 Å². The average molecular weight is 213 g/mol. The van der Waals surface area contributed by atoms with Crippen molar-refractivity contribution in [1.82, 2.24) is 0 Å². The van der Waals surface area contributed by atoms with Gasteiger partial charge in [0.1, 0.15) is 0 Å². The molecule has 0 fully saturated rings. The van der Waals surface area contributed by atoms with E-state index < -0.39 is 13.1 Å². The first kappa shape index (κ1) is 11.1. The van der Waals surface area contributed by atoms with Crippen LogP contribution in [0.2, 0.25) is 0 Å². The minimum absolute atomic E-state index is 0.0960. The number of carbonyl (C=O) groups excluding carboxylic acids is 1. The molecule has 1 rings (SSSR count). The van der Waals surface area contributed by atoms with Crippen LogP contribution in [0.3, 0.4) is 0 Å². The van der Waals surface area contributed by atoms with E-state index in [1.54, 1.807) is 24.3 Å². The summed E-state index contributed by atoms with van der Waals surface area (Å²) >= 11 is 0. The van der Waals surface area contributed by atoms with E-state index in [0.29, 0.717) is 5.56 Å². The fourth-order valence-corrected chi connectivity index (χ4v) is 1.33. The number of carbonyl (C=O) groups is 1. The van der Waals surface area contributed by atoms with Gasteiger partial charge in [-0.2, -0.15) is 0 Å². The van der Waals surface area contributed by atoms with Crippen LogP contribution in [-0.4, -0.2) is 5.52 Å². The largest absolute Gasteiger partial charge is 0.773 e. The van der Waals surface area contributed by atoms with Gasteiger partial charge in [-0.15, -0.1) is 0 Å². The van der Waals surface area contributed by atoms with Gasteiger partial charge in [0, 0.05) is 6.92 Å². The van der Waals surface area contributed by atoms with Gasteiger partial charge in [0.25, 0.3) is 0 Å². The first-order valence-electron chi connectivity index (χ1n) is 4.03. The van der Waals surface area contributed by atoms with Crippen molar-refractivity contribution in [3.63, 3.8) is 0 Å². The van der Waals surface area contributed by atoms with Crippen LogP contribution >= 0.6 is 7.60 Å². The Balaban J connectivity index is 2.58. The summed E-state index contributed by atoms with van der Waals surface area (Å²) in [5.74, 6) is 0. The predicted molar refractivity (Wildman–Crippen MR) is 49.5 cm³/mol. The summed E-state index contributed by atoms with van der Waals surface area (Å²) in [6, 6.07) is 8.79. The maximum atomic E-state index is 11.0. The molecule has 0 aliphatic heterocycles. The van der Waals surface area contributed by atoms with Crippen LogP contribution in [0.25, 0.3) is 0 Å². The Bertz CT molecular complexity index is 360. The molecule has 0 heterocycles. The van der Waals surface area contributed by atoms with Gasteiger partial charge in [-0.05, 0) is 5.56 Å². The van der Waals surface area contributed by atoms with Crippen LogP contribution in [0.4, 0.5) is 0 Å². The third-order valence-corrected chi connectivity index (χ3v) is 2.87. The van der Waals surface area contributed by atoms with Gasteiger partial charge in [-0.25, -0.2) is 0 Å². The van der Waals surface area contributed by atoms with Gasteiger partial charge >= 0.3 is 0 Å². The summed E-state index contributed by atoms with van der Waals surface area (Å²) < 4.78 is 15.5. The van der Waals surface area contributed by atoms with E-state index >= 15 is 0 Å². The lowest BCUT2D eigenvalue weighted by Gasteiger charge is -2.19. The van der Waals surface area contributed by atoms with E-state index in [1.807, 2.05) is 6.07 Å². The van der Waals surface area contributed by atoms with Crippen LogP contribution in [0.15, 0.2) is 30.3 Å². The predicted octanol–water partition coefficient (Wildman–Crippen LogP) is 1.30. The average Bonchev–Trinajstić information content (AvgIpc) is 2.16. The van der Waals surface area contributed by atoms with Crippen LogP contribution in [0, 0.1) is 0 Å². The highest BCUT2D eigenvalue weighted by molar-refractivity contribution is 7.69. The molecule has 0 radical (unpaired) electrons. The second kappa shape index (κ2) is 4.51. The number of benzene rings is 1. The Kier molecular flexibility index (Phi) is 3.58. The normalized spacial score (nSPS) is 14.7. The van der Waals surface area contributed by atoms with Crippen molar-refractivity contribution in [2.45, 2.75) is 13.5 Å². The Labute approximate surface area is 82.1 Å². The van der Waals surface area contributed by atoms with Crippen molar-refractivity contribution >= 4 is 13.1 Å². The van der Waals surface area contributed by atoms with E-state index in [1.165, 1.54) is 0 Å². The molecule has 4 nitrogen and oxygen atoms in total. The zero-order valence-corrected chi connectivity index (χ0v) is 8.57. The second-order valence-electron chi connectivity index (χ2n) is 2.78. The van der Waals surface area contributed by atoms with Crippen molar-refractivity contribution in [3.05, 3.63) is 35.9 Å². The Morgan fingerprint density at radius 1 is 1.43 bits per heavy atom. The molecule has 1 aromatic carbocycles. The molecule has 0 bridgehead atoms. The molecule has 5 heteroatoms. The first-order chi connectivity index (χ1) is 6.52. The van der Waals surface area contributed by atoms with Crippen LogP contribution in [0.5, 0.6) is 0 Å². The molecule has 76 valence electrons. The quantitative estimate of drug-likeness (QED) is 0.707. The fraction of sp³-hybridized carbons (Fsp3) is 0.222. The molecule has 0 saturated carbocycles. The molecule has 0 aliphatic rings. The smallest absolute Gasteiger partial charge is 0.200 e. The van der Waals surface area contributed by atoms with Gasteiger partial charge in [-0.3, -0.25) is 4.79 Å². The summed E-state index contributed by atoms with van der Waals surface area (Å²) in [5, 5.41) is 0. The molecule has 1 atom stereocenters. The number of hydrogen-bond acceptors (Lipinski definition) is 4. The summed E-state index contributed by atoms with van der Waals surface area (Å²) in [6.45, 7) is 0.875. The molecule has 0 amide bonds. The molecule has 0 N–H and O–H groups in total. The second-order valence-corrected chi connectivity index (χ2v) is 4.66. The molecule has 0 saturated heterocycles. The number of hydrogen-bond donors (Lipinski definition) is 0. The highest BCUT2D eigenvalue weighted by atomic mass is 31.2. The molecular formula is C9H10O4P-. The van der Waals surface area contributed by atoms with Crippen molar-refractivity contribution < 1.29 is 18.8 Å². The Hall–Kier alpha value is -0.960. The molecule has 0 spiro atoms. The molecular weight excluding hydrogens is 203 g/mol. The Morgan fingerprint density at radius 3 is 2.50 bits per heavy atom. The van der Waals surface area contributed by atoms with Gasteiger partial charge in [-0.1, -0.05) is 30.3 Å². The van der Waals surface area contributed by atoms with Crippen LogP contribution < -0.4 is 4.89 Å². The lowest BCUT2D eigenvalue weighted by Crippen LogP contribution is -2.11. The lowest BCUT2D eigenvalue weighted by atomic mass is 10.2. The highest BCUT2D eigenvalue weighted by Crippen LogP contribution is 2.38. The zero-order valence-electron chi connectivity index (χ0n) is 7.67. The molecule has 14 heavy (non-hydrogen) atoms. The van der Waals surface area contributed by atoms with E-state index in [0.717, 1.165) is 6.92 Å². The molecule has 0 aliphatic carbocycles. The number of rotatable bonds is 4. The highest BCUT2D eigenvalue weighted by Gasteiger charge is 2.14. The minimum atomic E-state index is -4.32. The third kappa shape index (κ3) is 3.07. The van der Waals surface area contributed by atoms with Crippen molar-refractivity contribution in [2.75, 3.05) is 0 Å². The molecule has 1 aromatic rings. The summed E-state index contributed by atoms with van der Waals surface area (Å²) in [5.41, 5.74) is -0.238. The monoisotopic (exact) mass is 213 g/mol. The van der Waals surface area contributed by atoms with E-state index in [9.17, 15) is 14.3 Å². The maximum absolute atomic E-state index is 11.0. The van der Waals surface area contributed by atoms with Gasteiger partial charge in [0.15, 0.2) is 0 Å². The van der Waals surface area contributed by atoms with Gasteiger partial charge < -0.3 is 14.0 Å². The maximum Gasteiger partial charge on any atom is 0.200 e. The fourth-order valence-electron chi connectivity index (χ4n) is 0.825. The van der Waals surface area contributed by atoms with Gasteiger partial charge in [0.05, 0.1) is 6.61 Å². The molecule has 1 unspecified atom stereocenters. The summed E-state index contributed by atoms with van der Waals surface area (Å²) in [4.78, 5) is 21.5. The van der Waals surface area contributed by atoms with Crippen molar-refractivity contribution in [3.8, 4) is 0 Å². The van der Waals surface area contributed by atoms with Crippen molar-refractivity contribution in [1.29, 1.82) is 0 Å². The molecule has 0 aromatic heterocycles. The third-order valence-electron chi connectivity index (χ3n) is 1.63. The lowest BCUT2D eigenvalue weighted by molar-refractivity contribution is -0.201. The topological polar surface area (TPSA) is 66.4 Å². The van der Waals surface area contributed by atoms with Crippen molar-refractivity contribution in [2.24, 2.45) is 0 Å². The van der Waals surface area contributed by atoms with Crippen LogP contribution in [-0.2, 0) is 20.5 Å². The summed E-state index contributed by atoms with van der Waals surface area (Å²) in [7, 11) is -4.32. The summed E-state index contributed by atoms with van der Waals surface area (Å²) in [6.07, 6.45) is 0. The Morgan fingerprint density at radius 2 is 2.00 bits per heavy atom. The van der Waals surface area contributed by atoms with Gasteiger partial charge in [0.2, 0.25) is 13.1 Å². The van der Waals surface area contributed by atoms with E-state index in [4.69, 9.17) is 0 Å². The van der Waals surface area contributed by atoms with E-state index in [-0.39, 0.29) is 6.61 Å². The minimum Gasteiger partial charge on any atom is -0.773 e. The zero-order chi connectivity index (χ0) is 10.6. The SMILES string of the molecule is CC(=O)P(=O)([O-])OCc1ccccc1.